The molecule has 1 amide bonds. The number of carbonyl (C=O) groups excluding carboxylic acids is 1. The molecule has 0 saturated heterocycles. The second-order valence-corrected chi connectivity index (χ2v) is 6.13. The van der Waals surface area contributed by atoms with Gasteiger partial charge < -0.3 is 5.32 Å². The van der Waals surface area contributed by atoms with Crippen LogP contribution in [0.1, 0.15) is 21.5 Å². The molecule has 128 valence electrons. The number of amides is 1. The van der Waals surface area contributed by atoms with Crippen LogP contribution in [0.3, 0.4) is 0 Å². The van der Waals surface area contributed by atoms with Crippen LogP contribution in [-0.4, -0.2) is 20.4 Å². The first-order chi connectivity index (χ1) is 12.7. The van der Waals surface area contributed by atoms with Crippen molar-refractivity contribution < 1.29 is 4.79 Å². The zero-order valence-corrected chi connectivity index (χ0v) is 14.4. The summed E-state index contributed by atoms with van der Waals surface area (Å²) >= 11 is 0. The van der Waals surface area contributed by atoms with E-state index in [9.17, 15) is 4.79 Å². The molecule has 0 bridgehead atoms. The Bertz CT molecular complexity index is 1070. The smallest absolute Gasteiger partial charge is 0.251 e. The van der Waals surface area contributed by atoms with Crippen molar-refractivity contribution in [1.29, 1.82) is 0 Å². The number of imidazole rings is 1. The largest absolute Gasteiger partial charge is 0.348 e. The monoisotopic (exact) mass is 342 g/mol. The summed E-state index contributed by atoms with van der Waals surface area (Å²) in [6, 6.07) is 19.3. The Labute approximate surface area is 151 Å². The third-order valence-corrected chi connectivity index (χ3v) is 4.33. The number of hydrogen-bond acceptors (Lipinski definition) is 3. The molecule has 26 heavy (non-hydrogen) atoms. The fourth-order valence-corrected chi connectivity index (χ4v) is 2.92. The van der Waals surface area contributed by atoms with Crippen molar-refractivity contribution in [2.75, 3.05) is 0 Å². The van der Waals surface area contributed by atoms with Gasteiger partial charge in [-0.05, 0) is 42.3 Å². The molecule has 5 heteroatoms. The van der Waals surface area contributed by atoms with Crippen molar-refractivity contribution in [3.8, 4) is 5.69 Å². The summed E-state index contributed by atoms with van der Waals surface area (Å²) in [4.78, 5) is 21.4. The minimum Gasteiger partial charge on any atom is -0.348 e. The molecule has 4 aromatic rings. The molecule has 0 saturated carbocycles. The van der Waals surface area contributed by atoms with E-state index in [0.717, 1.165) is 28.0 Å². The van der Waals surface area contributed by atoms with E-state index in [1.807, 2.05) is 72.2 Å². The van der Waals surface area contributed by atoms with Crippen LogP contribution in [-0.2, 0) is 6.54 Å². The van der Waals surface area contributed by atoms with Gasteiger partial charge in [0.2, 0.25) is 0 Å². The lowest BCUT2D eigenvalue weighted by Crippen LogP contribution is -2.23. The van der Waals surface area contributed by atoms with Gasteiger partial charge >= 0.3 is 0 Å². The van der Waals surface area contributed by atoms with Crippen molar-refractivity contribution in [2.24, 2.45) is 0 Å². The normalized spacial score (nSPS) is 10.8. The number of aromatic nitrogens is 3. The van der Waals surface area contributed by atoms with Crippen LogP contribution in [0.15, 0.2) is 73.2 Å². The van der Waals surface area contributed by atoms with Crippen LogP contribution >= 0.6 is 0 Å². The maximum Gasteiger partial charge on any atom is 0.251 e. The summed E-state index contributed by atoms with van der Waals surface area (Å²) in [7, 11) is 0. The summed E-state index contributed by atoms with van der Waals surface area (Å²) in [5.41, 5.74) is 5.23. The minimum absolute atomic E-state index is 0.104. The summed E-state index contributed by atoms with van der Waals surface area (Å²) in [5.74, 6) is -0.104. The lowest BCUT2D eigenvalue weighted by atomic mass is 10.1. The second-order valence-electron chi connectivity index (χ2n) is 6.13. The van der Waals surface area contributed by atoms with E-state index in [4.69, 9.17) is 0 Å². The molecule has 0 fully saturated rings. The van der Waals surface area contributed by atoms with Crippen molar-refractivity contribution in [1.82, 2.24) is 19.9 Å². The number of nitrogens with zero attached hydrogens (tertiary/aromatic N) is 3. The average Bonchev–Trinajstić information content (AvgIpc) is 3.11. The fraction of sp³-hybridized carbons (Fsp3) is 0.0952. The standard InChI is InChI=1S/C21H18N4O/c1-15-9-10-17(21(26)23-13-16-6-3-2-4-7-16)12-19(15)25-14-24-18-8-5-11-22-20(18)25/h2-12,14H,13H2,1H3,(H,23,26). The van der Waals surface area contributed by atoms with Crippen LogP contribution < -0.4 is 5.32 Å². The number of nitrogens with one attached hydrogen (secondary N) is 1. The fourth-order valence-electron chi connectivity index (χ4n) is 2.92. The van der Waals surface area contributed by atoms with Gasteiger partial charge in [0.1, 0.15) is 11.8 Å². The lowest BCUT2D eigenvalue weighted by Gasteiger charge is -2.11. The highest BCUT2D eigenvalue weighted by molar-refractivity contribution is 5.95. The first-order valence-electron chi connectivity index (χ1n) is 8.43. The molecule has 1 N–H and O–H groups in total. The van der Waals surface area contributed by atoms with Crippen LogP contribution in [0, 0.1) is 6.92 Å². The number of hydrogen-bond donors (Lipinski definition) is 1. The number of fused-ring (bicyclic) bond motifs is 1. The number of benzene rings is 2. The molecule has 5 nitrogen and oxygen atoms in total. The summed E-state index contributed by atoms with van der Waals surface area (Å²) < 4.78 is 1.92. The van der Waals surface area contributed by atoms with E-state index in [1.54, 1.807) is 12.5 Å². The van der Waals surface area contributed by atoms with Gasteiger partial charge in [0.25, 0.3) is 5.91 Å². The highest BCUT2D eigenvalue weighted by Crippen LogP contribution is 2.20. The Hall–Kier alpha value is -3.47. The number of aryl methyl sites for hydroxylation is 1. The van der Waals surface area contributed by atoms with E-state index >= 15 is 0 Å². The van der Waals surface area contributed by atoms with Crippen LogP contribution in [0.2, 0.25) is 0 Å². The predicted molar refractivity (Wildman–Crippen MR) is 101 cm³/mol. The summed E-state index contributed by atoms with van der Waals surface area (Å²) in [5, 5.41) is 2.96. The predicted octanol–water partition coefficient (Wildman–Crippen LogP) is 3.66. The van der Waals surface area contributed by atoms with Crippen molar-refractivity contribution in [2.45, 2.75) is 13.5 Å². The molecule has 0 aliphatic carbocycles. The van der Waals surface area contributed by atoms with Gasteiger partial charge in [0, 0.05) is 18.3 Å². The van der Waals surface area contributed by atoms with Gasteiger partial charge in [0.15, 0.2) is 5.65 Å². The van der Waals surface area contributed by atoms with Crippen LogP contribution in [0.25, 0.3) is 16.9 Å². The van der Waals surface area contributed by atoms with Gasteiger partial charge in [0.05, 0.1) is 5.69 Å². The third-order valence-electron chi connectivity index (χ3n) is 4.33. The quantitative estimate of drug-likeness (QED) is 0.616. The third kappa shape index (κ3) is 3.07. The molecule has 2 heterocycles. The molecule has 0 aliphatic rings. The molecule has 0 atom stereocenters. The molecule has 0 unspecified atom stereocenters. The topological polar surface area (TPSA) is 59.8 Å². The molecule has 4 rings (SSSR count). The Morgan fingerprint density at radius 1 is 1.04 bits per heavy atom. The first-order valence-corrected chi connectivity index (χ1v) is 8.43. The van der Waals surface area contributed by atoms with Crippen LogP contribution in [0.5, 0.6) is 0 Å². The first kappa shape index (κ1) is 16.0. The molecule has 2 aromatic heterocycles. The number of rotatable bonds is 4. The Kier molecular flexibility index (Phi) is 4.19. The van der Waals surface area contributed by atoms with Gasteiger partial charge in [-0.2, -0.15) is 0 Å². The van der Waals surface area contributed by atoms with Crippen molar-refractivity contribution >= 4 is 17.1 Å². The van der Waals surface area contributed by atoms with E-state index in [2.05, 4.69) is 15.3 Å². The van der Waals surface area contributed by atoms with Crippen molar-refractivity contribution in [3.05, 3.63) is 89.9 Å². The SMILES string of the molecule is Cc1ccc(C(=O)NCc2ccccc2)cc1-n1cnc2cccnc21. The lowest BCUT2D eigenvalue weighted by molar-refractivity contribution is 0.0951. The van der Waals surface area contributed by atoms with Gasteiger partial charge in [-0.15, -0.1) is 0 Å². The molecule has 0 radical (unpaired) electrons. The maximum atomic E-state index is 12.6. The average molecular weight is 342 g/mol. The molecule has 2 aromatic carbocycles. The van der Waals surface area contributed by atoms with E-state index in [1.165, 1.54) is 0 Å². The summed E-state index contributed by atoms with van der Waals surface area (Å²) in [6.07, 6.45) is 3.48. The van der Waals surface area contributed by atoms with Gasteiger partial charge in [-0.1, -0.05) is 36.4 Å². The second kappa shape index (κ2) is 6.80. The van der Waals surface area contributed by atoms with Crippen molar-refractivity contribution in [3.63, 3.8) is 0 Å². The maximum absolute atomic E-state index is 12.6. The molecule has 0 spiro atoms. The summed E-state index contributed by atoms with van der Waals surface area (Å²) in [6.45, 7) is 2.51. The van der Waals surface area contributed by atoms with E-state index < -0.39 is 0 Å². The number of pyridine rings is 1. The zero-order valence-electron chi connectivity index (χ0n) is 14.4. The Balaban J connectivity index is 1.63. The highest BCUT2D eigenvalue weighted by Gasteiger charge is 2.12. The molecule has 0 aliphatic heterocycles. The van der Waals surface area contributed by atoms with Gasteiger partial charge in [-0.25, -0.2) is 9.97 Å². The molecular formula is C21H18N4O. The van der Waals surface area contributed by atoms with E-state index in [0.29, 0.717) is 12.1 Å². The Morgan fingerprint density at radius 2 is 1.88 bits per heavy atom. The van der Waals surface area contributed by atoms with E-state index in [-0.39, 0.29) is 5.91 Å². The minimum atomic E-state index is -0.104. The molecular weight excluding hydrogens is 324 g/mol. The highest BCUT2D eigenvalue weighted by atomic mass is 16.1. The van der Waals surface area contributed by atoms with Crippen LogP contribution in [0.4, 0.5) is 0 Å². The zero-order chi connectivity index (χ0) is 17.9. The number of carbonyl (C=O) groups is 1. The van der Waals surface area contributed by atoms with Gasteiger partial charge in [-0.3, -0.25) is 9.36 Å². The Morgan fingerprint density at radius 3 is 2.73 bits per heavy atom.